The van der Waals surface area contributed by atoms with E-state index in [1.807, 2.05) is 37.3 Å². The number of carboxylic acid groups (broad SMARTS) is 1. The van der Waals surface area contributed by atoms with Crippen molar-refractivity contribution in [2.75, 3.05) is 6.54 Å². The predicted molar refractivity (Wildman–Crippen MR) is 59.7 cm³/mol. The van der Waals surface area contributed by atoms with Gasteiger partial charge in [-0.05, 0) is 12.5 Å². The summed E-state index contributed by atoms with van der Waals surface area (Å²) in [5.74, 6) is -1.11. The Morgan fingerprint density at radius 3 is 2.47 bits per heavy atom. The van der Waals surface area contributed by atoms with Crippen LogP contribution in [-0.2, 0) is 4.79 Å². The van der Waals surface area contributed by atoms with Crippen LogP contribution < -0.4 is 5.32 Å². The highest BCUT2D eigenvalue weighted by Crippen LogP contribution is 2.11. The molecular weight excluding hydrogens is 190 g/mol. The minimum Gasteiger partial charge on any atom is -0.481 e. The van der Waals surface area contributed by atoms with Gasteiger partial charge in [-0.3, -0.25) is 4.79 Å². The van der Waals surface area contributed by atoms with Crippen molar-refractivity contribution in [1.82, 2.24) is 5.32 Å². The van der Waals surface area contributed by atoms with Crippen molar-refractivity contribution in [2.24, 2.45) is 5.92 Å². The number of hydrogen-bond donors (Lipinski definition) is 2. The molecule has 0 amide bonds. The van der Waals surface area contributed by atoms with Crippen LogP contribution >= 0.6 is 0 Å². The lowest BCUT2D eigenvalue weighted by atomic mass is 10.1. The monoisotopic (exact) mass is 207 g/mol. The van der Waals surface area contributed by atoms with Gasteiger partial charge in [0.25, 0.3) is 0 Å². The Kier molecular flexibility index (Phi) is 4.31. The van der Waals surface area contributed by atoms with Crippen LogP contribution in [0.1, 0.15) is 25.5 Å². The van der Waals surface area contributed by atoms with Crippen LogP contribution in [0.25, 0.3) is 0 Å². The van der Waals surface area contributed by atoms with E-state index in [2.05, 4.69) is 5.32 Å². The van der Waals surface area contributed by atoms with Crippen molar-refractivity contribution >= 4 is 5.97 Å². The number of carboxylic acids is 1. The molecule has 0 bridgehead atoms. The Morgan fingerprint density at radius 1 is 1.33 bits per heavy atom. The molecule has 1 aromatic carbocycles. The highest BCUT2D eigenvalue weighted by Gasteiger charge is 2.12. The highest BCUT2D eigenvalue weighted by atomic mass is 16.4. The maximum Gasteiger partial charge on any atom is 0.307 e. The molecular formula is C12H17NO2. The molecule has 2 atom stereocenters. The smallest absolute Gasteiger partial charge is 0.307 e. The third-order valence-corrected chi connectivity index (χ3v) is 2.45. The normalized spacial score (nSPS) is 14.5. The zero-order valence-corrected chi connectivity index (χ0v) is 9.10. The number of carbonyl (C=O) groups is 1. The van der Waals surface area contributed by atoms with Crippen LogP contribution in [0.4, 0.5) is 0 Å². The Hall–Kier alpha value is -1.35. The van der Waals surface area contributed by atoms with E-state index < -0.39 is 5.97 Å². The third kappa shape index (κ3) is 3.72. The summed E-state index contributed by atoms with van der Waals surface area (Å²) in [5, 5.41) is 11.9. The van der Waals surface area contributed by atoms with Crippen LogP contribution in [0.5, 0.6) is 0 Å². The number of hydrogen-bond acceptors (Lipinski definition) is 2. The van der Waals surface area contributed by atoms with Gasteiger partial charge < -0.3 is 10.4 Å². The van der Waals surface area contributed by atoms with Crippen molar-refractivity contribution in [2.45, 2.75) is 19.9 Å². The first kappa shape index (κ1) is 11.7. The van der Waals surface area contributed by atoms with Gasteiger partial charge in [-0.25, -0.2) is 0 Å². The first-order chi connectivity index (χ1) is 7.11. The molecule has 3 heteroatoms. The summed E-state index contributed by atoms with van der Waals surface area (Å²) in [6.07, 6.45) is 0. The van der Waals surface area contributed by atoms with E-state index in [1.165, 1.54) is 5.56 Å². The molecule has 0 spiro atoms. The summed E-state index contributed by atoms with van der Waals surface area (Å²) < 4.78 is 0. The van der Waals surface area contributed by atoms with Crippen molar-refractivity contribution < 1.29 is 9.90 Å². The van der Waals surface area contributed by atoms with E-state index in [0.717, 1.165) is 0 Å². The van der Waals surface area contributed by atoms with Gasteiger partial charge in [0.05, 0.1) is 5.92 Å². The van der Waals surface area contributed by atoms with Crippen molar-refractivity contribution in [3.63, 3.8) is 0 Å². The Labute approximate surface area is 90.1 Å². The average Bonchev–Trinajstić information content (AvgIpc) is 2.26. The van der Waals surface area contributed by atoms with Gasteiger partial charge in [-0.15, -0.1) is 0 Å². The van der Waals surface area contributed by atoms with Crippen LogP contribution in [0, 0.1) is 5.92 Å². The number of nitrogens with one attached hydrogen (secondary N) is 1. The second kappa shape index (κ2) is 5.51. The Bertz CT molecular complexity index is 311. The maximum atomic E-state index is 10.6. The van der Waals surface area contributed by atoms with Crippen LogP contribution in [0.3, 0.4) is 0 Å². The van der Waals surface area contributed by atoms with Gasteiger partial charge in [0, 0.05) is 12.6 Å². The molecule has 0 aliphatic heterocycles. The van der Waals surface area contributed by atoms with Crippen molar-refractivity contribution in [1.29, 1.82) is 0 Å². The number of benzene rings is 1. The largest absolute Gasteiger partial charge is 0.481 e. The van der Waals surface area contributed by atoms with E-state index >= 15 is 0 Å². The molecule has 1 unspecified atom stereocenters. The minimum atomic E-state index is -0.761. The lowest BCUT2D eigenvalue weighted by Crippen LogP contribution is -2.28. The van der Waals surface area contributed by atoms with E-state index in [1.54, 1.807) is 6.92 Å². The lowest BCUT2D eigenvalue weighted by Gasteiger charge is -2.15. The molecule has 0 aliphatic rings. The van der Waals surface area contributed by atoms with Gasteiger partial charge in [0.2, 0.25) is 0 Å². The molecule has 0 aliphatic carbocycles. The molecule has 1 rings (SSSR count). The van der Waals surface area contributed by atoms with E-state index in [9.17, 15) is 4.79 Å². The van der Waals surface area contributed by atoms with Gasteiger partial charge in [-0.1, -0.05) is 37.3 Å². The van der Waals surface area contributed by atoms with Crippen LogP contribution in [-0.4, -0.2) is 17.6 Å². The van der Waals surface area contributed by atoms with Gasteiger partial charge in [0.1, 0.15) is 0 Å². The molecule has 0 heterocycles. The fraction of sp³-hybridized carbons (Fsp3) is 0.417. The molecule has 82 valence electrons. The van der Waals surface area contributed by atoms with Gasteiger partial charge in [0.15, 0.2) is 0 Å². The zero-order valence-electron chi connectivity index (χ0n) is 9.10. The topological polar surface area (TPSA) is 49.3 Å². The standard InChI is InChI=1S/C12H17NO2/c1-9(12(14)15)8-13-10(2)11-6-4-3-5-7-11/h3-7,9-10,13H,8H2,1-2H3,(H,14,15)/t9?,10-/m1/s1. The molecule has 1 aromatic rings. The SMILES string of the molecule is CC(CN[C@H](C)c1ccccc1)C(=O)O. The predicted octanol–water partition coefficient (Wildman–Crippen LogP) is 2.06. The molecule has 0 aromatic heterocycles. The average molecular weight is 207 g/mol. The van der Waals surface area contributed by atoms with Crippen molar-refractivity contribution in [3.8, 4) is 0 Å². The van der Waals surface area contributed by atoms with Gasteiger partial charge in [-0.2, -0.15) is 0 Å². The molecule has 0 saturated carbocycles. The molecule has 15 heavy (non-hydrogen) atoms. The summed E-state index contributed by atoms with van der Waals surface area (Å²) in [4.78, 5) is 10.6. The van der Waals surface area contributed by atoms with E-state index in [-0.39, 0.29) is 12.0 Å². The second-order valence-electron chi connectivity index (χ2n) is 3.78. The summed E-state index contributed by atoms with van der Waals surface area (Å²) in [6, 6.07) is 10.2. The zero-order chi connectivity index (χ0) is 11.3. The summed E-state index contributed by atoms with van der Waals surface area (Å²) in [5.41, 5.74) is 1.18. The summed E-state index contributed by atoms with van der Waals surface area (Å²) in [6.45, 7) is 4.22. The minimum absolute atomic E-state index is 0.188. The van der Waals surface area contributed by atoms with Crippen LogP contribution in [0.15, 0.2) is 30.3 Å². The first-order valence-corrected chi connectivity index (χ1v) is 5.12. The molecule has 0 radical (unpaired) electrons. The Morgan fingerprint density at radius 2 is 1.93 bits per heavy atom. The number of aliphatic carboxylic acids is 1. The summed E-state index contributed by atoms with van der Waals surface area (Å²) in [7, 11) is 0. The van der Waals surface area contributed by atoms with E-state index in [4.69, 9.17) is 5.11 Å². The van der Waals surface area contributed by atoms with Crippen LogP contribution in [0.2, 0.25) is 0 Å². The molecule has 2 N–H and O–H groups in total. The van der Waals surface area contributed by atoms with Crippen molar-refractivity contribution in [3.05, 3.63) is 35.9 Å². The highest BCUT2D eigenvalue weighted by molar-refractivity contribution is 5.69. The van der Waals surface area contributed by atoms with Gasteiger partial charge >= 0.3 is 5.97 Å². The lowest BCUT2D eigenvalue weighted by molar-refractivity contribution is -0.140. The summed E-state index contributed by atoms with van der Waals surface area (Å²) >= 11 is 0. The maximum absolute atomic E-state index is 10.6. The second-order valence-corrected chi connectivity index (χ2v) is 3.78. The molecule has 0 saturated heterocycles. The number of rotatable bonds is 5. The quantitative estimate of drug-likeness (QED) is 0.777. The fourth-order valence-corrected chi connectivity index (χ4v) is 1.30. The Balaban J connectivity index is 2.43. The first-order valence-electron chi connectivity index (χ1n) is 5.12. The van der Waals surface area contributed by atoms with E-state index in [0.29, 0.717) is 6.54 Å². The fourth-order valence-electron chi connectivity index (χ4n) is 1.30. The molecule has 0 fully saturated rings. The molecule has 3 nitrogen and oxygen atoms in total. The third-order valence-electron chi connectivity index (χ3n) is 2.45.